The molecule has 1 rings (SSSR count). The summed E-state index contributed by atoms with van der Waals surface area (Å²) < 4.78 is 24.7. The Morgan fingerprint density at radius 2 is 1.86 bits per heavy atom. The lowest BCUT2D eigenvalue weighted by molar-refractivity contribution is -0.694. The minimum Gasteiger partial charge on any atom is -0.344 e. The largest absolute Gasteiger partial charge is 0.344 e. The summed E-state index contributed by atoms with van der Waals surface area (Å²) in [6, 6.07) is 3.72. The summed E-state index contributed by atoms with van der Waals surface area (Å²) >= 11 is 0. The highest BCUT2D eigenvalue weighted by Gasteiger charge is 2.43. The van der Waals surface area contributed by atoms with E-state index in [1.165, 1.54) is 0 Å². The van der Waals surface area contributed by atoms with E-state index in [-0.39, 0.29) is 6.54 Å². The molecule has 0 bridgehead atoms. The van der Waals surface area contributed by atoms with Gasteiger partial charge in [0, 0.05) is 18.3 Å². The minimum atomic E-state index is -4.64. The van der Waals surface area contributed by atoms with Gasteiger partial charge in [-0.05, 0) is 24.8 Å². The summed E-state index contributed by atoms with van der Waals surface area (Å²) in [5, 5.41) is -1.57. The fourth-order valence-corrected chi connectivity index (χ4v) is 5.14. The predicted octanol–water partition coefficient (Wildman–Crippen LogP) is 1.97. The highest BCUT2D eigenvalue weighted by molar-refractivity contribution is 7.73. The molecule has 3 N–H and O–H groups in total. The maximum atomic E-state index is 11.7. The van der Waals surface area contributed by atoms with Crippen molar-refractivity contribution in [3.05, 3.63) is 30.1 Å². The van der Waals surface area contributed by atoms with Crippen molar-refractivity contribution >= 4 is 15.0 Å². The Bertz CT molecular complexity index is 541. The first-order valence-corrected chi connectivity index (χ1v) is 10.7. The first-order valence-electron chi connectivity index (χ1n) is 6.83. The average Bonchev–Trinajstić information content (AvgIpc) is 2.31. The van der Waals surface area contributed by atoms with Gasteiger partial charge in [0.25, 0.3) is 0 Å². The molecule has 1 aromatic heterocycles. The molecule has 0 radical (unpaired) electrons. The molecule has 2 atom stereocenters. The molecule has 0 amide bonds. The Labute approximate surface area is 125 Å². The first-order chi connectivity index (χ1) is 9.50. The van der Waals surface area contributed by atoms with E-state index in [2.05, 4.69) is 13.8 Å². The van der Waals surface area contributed by atoms with Crippen LogP contribution in [0.15, 0.2) is 24.5 Å². The number of pyridine rings is 1. The second-order valence-electron chi connectivity index (χ2n) is 5.85. The lowest BCUT2D eigenvalue weighted by atomic mass is 10.0. The molecule has 0 aliphatic rings. The van der Waals surface area contributed by atoms with E-state index in [0.29, 0.717) is 5.92 Å². The molecule has 8 heteroatoms. The van der Waals surface area contributed by atoms with Gasteiger partial charge in [-0.15, -0.1) is 0 Å². The molecule has 6 nitrogen and oxygen atoms in total. The van der Waals surface area contributed by atoms with Crippen molar-refractivity contribution in [2.75, 3.05) is 6.66 Å². The molecule has 1 heterocycles. The van der Waals surface area contributed by atoms with Crippen molar-refractivity contribution < 1.29 is 28.4 Å². The smallest absolute Gasteiger partial charge is 0.344 e. The second-order valence-corrected chi connectivity index (χ2v) is 10.6. The predicted molar refractivity (Wildman–Crippen MR) is 81.4 cm³/mol. The van der Waals surface area contributed by atoms with Crippen molar-refractivity contribution in [3.63, 3.8) is 0 Å². The van der Waals surface area contributed by atoms with Gasteiger partial charge >= 0.3 is 7.60 Å². The van der Waals surface area contributed by atoms with Crippen LogP contribution in [0.4, 0.5) is 0 Å². The van der Waals surface area contributed by atoms with E-state index >= 15 is 0 Å². The van der Waals surface area contributed by atoms with Crippen LogP contribution in [0.25, 0.3) is 0 Å². The van der Waals surface area contributed by atoms with E-state index in [4.69, 9.17) is 0 Å². The van der Waals surface area contributed by atoms with Gasteiger partial charge in [0.05, 0.1) is 0 Å². The van der Waals surface area contributed by atoms with Crippen LogP contribution in [0, 0.1) is 5.92 Å². The number of aryl methyl sites for hydroxylation is 1. The van der Waals surface area contributed by atoms with Crippen LogP contribution >= 0.6 is 15.0 Å². The van der Waals surface area contributed by atoms with E-state index in [0.717, 1.165) is 25.1 Å². The SMILES string of the molecule is CC(C)CCc1ccc[n+](CC(P(C)(=O)O)P(=O)(O)O)c1. The Morgan fingerprint density at radius 1 is 1.24 bits per heavy atom. The summed E-state index contributed by atoms with van der Waals surface area (Å²) in [6.45, 7) is 5.06. The molecular formula is C13H24NO5P2+. The lowest BCUT2D eigenvalue weighted by Gasteiger charge is -2.18. The van der Waals surface area contributed by atoms with Crippen LogP contribution in [-0.4, -0.2) is 26.7 Å². The number of hydrogen-bond acceptors (Lipinski definition) is 2. The summed E-state index contributed by atoms with van der Waals surface area (Å²) in [7, 11) is -8.54. The van der Waals surface area contributed by atoms with Crippen molar-refractivity contribution in [1.29, 1.82) is 0 Å². The molecule has 0 spiro atoms. The molecule has 0 fully saturated rings. The molecule has 1 aromatic rings. The van der Waals surface area contributed by atoms with Gasteiger partial charge in [-0.1, -0.05) is 13.8 Å². The zero-order valence-corrected chi connectivity index (χ0v) is 14.4. The Balaban J connectivity index is 2.93. The normalized spacial score (nSPS) is 16.7. The number of hydrogen-bond donors (Lipinski definition) is 3. The molecule has 21 heavy (non-hydrogen) atoms. The third-order valence-corrected chi connectivity index (χ3v) is 7.64. The average molecular weight is 336 g/mol. The van der Waals surface area contributed by atoms with Gasteiger partial charge in [0.1, 0.15) is 0 Å². The molecular weight excluding hydrogens is 312 g/mol. The fourth-order valence-electron chi connectivity index (χ4n) is 2.02. The zero-order valence-electron chi connectivity index (χ0n) is 12.6. The van der Waals surface area contributed by atoms with E-state index < -0.39 is 20.4 Å². The fraction of sp³-hybridized carbons (Fsp3) is 0.615. The maximum Gasteiger partial charge on any atom is 0.344 e. The van der Waals surface area contributed by atoms with Crippen LogP contribution in [0.2, 0.25) is 0 Å². The third-order valence-electron chi connectivity index (χ3n) is 3.25. The van der Waals surface area contributed by atoms with E-state index in [1.807, 2.05) is 6.07 Å². The molecule has 2 unspecified atom stereocenters. The standard InChI is InChI=1S/C13H23NO5P2/c1-11(2)6-7-12-5-4-8-14(9-12)10-13(20(3,15)16)21(17,18)19/h4-5,8-9,11,13H,6-7,10H2,1-3H3,(H2-,15,16,17,18,19)/p+1. The summed E-state index contributed by atoms with van der Waals surface area (Å²) in [5.41, 5.74) is 1.04. The van der Waals surface area contributed by atoms with E-state index in [9.17, 15) is 23.8 Å². The van der Waals surface area contributed by atoms with Crippen molar-refractivity contribution in [1.82, 2.24) is 0 Å². The van der Waals surface area contributed by atoms with Crippen LogP contribution in [-0.2, 0) is 22.1 Å². The van der Waals surface area contributed by atoms with Crippen LogP contribution < -0.4 is 4.57 Å². The van der Waals surface area contributed by atoms with Gasteiger partial charge in [-0.3, -0.25) is 9.13 Å². The first kappa shape index (κ1) is 18.5. The van der Waals surface area contributed by atoms with Gasteiger partial charge in [-0.2, -0.15) is 0 Å². The molecule has 0 saturated carbocycles. The van der Waals surface area contributed by atoms with Gasteiger partial charge in [0.2, 0.25) is 7.37 Å². The summed E-state index contributed by atoms with van der Waals surface area (Å²) in [4.78, 5) is 28.1. The van der Waals surface area contributed by atoms with Gasteiger partial charge in [0.15, 0.2) is 24.3 Å². The summed E-state index contributed by atoms with van der Waals surface area (Å²) in [6.07, 6.45) is 5.30. The Kier molecular flexibility index (Phi) is 6.33. The van der Waals surface area contributed by atoms with Gasteiger partial charge < -0.3 is 14.7 Å². The van der Waals surface area contributed by atoms with E-state index in [1.54, 1.807) is 23.0 Å². The monoisotopic (exact) mass is 336 g/mol. The number of nitrogens with zero attached hydrogens (tertiary/aromatic N) is 1. The topological polar surface area (TPSA) is 98.7 Å². The molecule has 0 aliphatic heterocycles. The Morgan fingerprint density at radius 3 is 2.33 bits per heavy atom. The van der Waals surface area contributed by atoms with Crippen molar-refractivity contribution in [3.8, 4) is 0 Å². The molecule has 0 aromatic carbocycles. The number of aromatic nitrogens is 1. The van der Waals surface area contributed by atoms with Crippen LogP contribution in [0.1, 0.15) is 25.8 Å². The molecule has 120 valence electrons. The molecule has 0 saturated heterocycles. The number of rotatable bonds is 7. The highest BCUT2D eigenvalue weighted by atomic mass is 31.2. The van der Waals surface area contributed by atoms with Crippen molar-refractivity contribution in [2.24, 2.45) is 5.92 Å². The Hall–Kier alpha value is -0.510. The maximum absolute atomic E-state index is 11.7. The zero-order chi connectivity index (χ0) is 16.3. The third kappa shape index (κ3) is 6.41. The van der Waals surface area contributed by atoms with Crippen molar-refractivity contribution in [2.45, 2.75) is 38.6 Å². The van der Waals surface area contributed by atoms with Gasteiger partial charge in [-0.25, -0.2) is 4.57 Å². The molecule has 0 aliphatic carbocycles. The quantitative estimate of drug-likeness (QED) is 0.522. The lowest BCUT2D eigenvalue weighted by Crippen LogP contribution is -2.39. The van der Waals surface area contributed by atoms with Crippen LogP contribution in [0.3, 0.4) is 0 Å². The van der Waals surface area contributed by atoms with Crippen LogP contribution in [0.5, 0.6) is 0 Å². The highest BCUT2D eigenvalue weighted by Crippen LogP contribution is 2.60. The second kappa shape index (κ2) is 7.17. The minimum absolute atomic E-state index is 0.177. The summed E-state index contributed by atoms with van der Waals surface area (Å²) in [5.74, 6) is 0.565.